The van der Waals surface area contributed by atoms with Crippen LogP contribution in [-0.4, -0.2) is 41.8 Å². The van der Waals surface area contributed by atoms with E-state index in [9.17, 15) is 14.7 Å². The maximum atomic E-state index is 12.1. The molecule has 0 unspecified atom stereocenters. The lowest BCUT2D eigenvalue weighted by molar-refractivity contribution is -0.118. The summed E-state index contributed by atoms with van der Waals surface area (Å²) in [6.45, 7) is 7.72. The van der Waals surface area contributed by atoms with E-state index in [1.54, 1.807) is 4.90 Å². The first-order chi connectivity index (χ1) is 10.7. The van der Waals surface area contributed by atoms with Crippen molar-refractivity contribution in [1.82, 2.24) is 10.6 Å². The number of urea groups is 1. The molecule has 0 bridgehead atoms. The fourth-order valence-electron chi connectivity index (χ4n) is 1.99. The lowest BCUT2D eigenvalue weighted by Gasteiger charge is -2.27. The van der Waals surface area contributed by atoms with Crippen LogP contribution in [0.1, 0.15) is 34.1 Å². The van der Waals surface area contributed by atoms with Crippen molar-refractivity contribution in [3.63, 3.8) is 0 Å². The van der Waals surface area contributed by atoms with Gasteiger partial charge >= 0.3 is 6.03 Å². The predicted molar refractivity (Wildman–Crippen MR) is 91.4 cm³/mol. The number of nitrogens with zero attached hydrogens (tertiary/aromatic N) is 1. The highest BCUT2D eigenvalue weighted by Crippen LogP contribution is 2.14. The second kappa shape index (κ2) is 8.53. The van der Waals surface area contributed by atoms with E-state index in [1.807, 2.05) is 58.0 Å². The first-order valence-electron chi connectivity index (χ1n) is 7.81. The van der Waals surface area contributed by atoms with Crippen molar-refractivity contribution in [2.24, 2.45) is 0 Å². The normalized spacial score (nSPS) is 12.4. The molecule has 6 heteroatoms. The third-order valence-electron chi connectivity index (χ3n) is 3.10. The van der Waals surface area contributed by atoms with Crippen molar-refractivity contribution in [3.8, 4) is 0 Å². The van der Waals surface area contributed by atoms with E-state index in [1.165, 1.54) is 0 Å². The average molecular weight is 321 g/mol. The van der Waals surface area contributed by atoms with Gasteiger partial charge in [-0.25, -0.2) is 4.79 Å². The van der Waals surface area contributed by atoms with Gasteiger partial charge in [0.25, 0.3) is 0 Å². The third-order valence-corrected chi connectivity index (χ3v) is 3.10. The van der Waals surface area contributed by atoms with Crippen molar-refractivity contribution in [2.75, 3.05) is 18.0 Å². The number of imide groups is 1. The highest BCUT2D eigenvalue weighted by atomic mass is 16.3. The minimum Gasteiger partial charge on any atom is -0.391 e. The Morgan fingerprint density at radius 2 is 1.83 bits per heavy atom. The second-order valence-electron chi connectivity index (χ2n) is 6.53. The molecule has 0 aliphatic carbocycles. The molecule has 3 amide bonds. The lowest BCUT2D eigenvalue weighted by Crippen LogP contribution is -2.50. The zero-order valence-corrected chi connectivity index (χ0v) is 14.3. The molecule has 1 atom stereocenters. The summed E-state index contributed by atoms with van der Waals surface area (Å²) in [6, 6.07) is 8.83. The molecular weight excluding hydrogens is 294 g/mol. The standard InChI is InChI=1S/C17H27N3O3/c1-5-14(21)11-20(13-9-7-6-8-10-13)12-15(22)18-16(23)19-17(2,3)4/h6-10,14,21H,5,11-12H2,1-4H3,(H2,18,19,22,23)/t14-/m0/s1. The lowest BCUT2D eigenvalue weighted by atomic mass is 10.1. The summed E-state index contributed by atoms with van der Waals surface area (Å²) in [4.78, 5) is 25.6. The van der Waals surface area contributed by atoms with Crippen molar-refractivity contribution in [3.05, 3.63) is 30.3 Å². The Kier molecular flexibility index (Phi) is 7.03. The van der Waals surface area contributed by atoms with Gasteiger partial charge in [-0.3, -0.25) is 10.1 Å². The largest absolute Gasteiger partial charge is 0.391 e. The summed E-state index contributed by atoms with van der Waals surface area (Å²) in [6.07, 6.45) is 0.0570. The first kappa shape index (κ1) is 19.0. The minimum atomic E-state index is -0.536. The van der Waals surface area contributed by atoms with Gasteiger partial charge in [-0.2, -0.15) is 0 Å². The van der Waals surface area contributed by atoms with Crippen LogP contribution in [0.5, 0.6) is 0 Å². The zero-order chi connectivity index (χ0) is 17.5. The average Bonchev–Trinajstić information content (AvgIpc) is 2.45. The number of anilines is 1. The predicted octanol–water partition coefficient (Wildman–Crippen LogP) is 1.89. The van der Waals surface area contributed by atoms with Crippen LogP contribution in [0.2, 0.25) is 0 Å². The first-order valence-corrected chi connectivity index (χ1v) is 7.81. The van der Waals surface area contributed by atoms with Gasteiger partial charge in [0.15, 0.2) is 0 Å². The maximum absolute atomic E-state index is 12.1. The second-order valence-corrected chi connectivity index (χ2v) is 6.53. The smallest absolute Gasteiger partial charge is 0.321 e. The number of hydrogen-bond acceptors (Lipinski definition) is 4. The molecule has 3 N–H and O–H groups in total. The van der Waals surface area contributed by atoms with E-state index < -0.39 is 23.6 Å². The van der Waals surface area contributed by atoms with Crippen molar-refractivity contribution in [1.29, 1.82) is 0 Å². The molecule has 0 aliphatic rings. The zero-order valence-electron chi connectivity index (χ0n) is 14.3. The molecule has 0 spiro atoms. The fourth-order valence-corrected chi connectivity index (χ4v) is 1.99. The number of amides is 3. The van der Waals surface area contributed by atoms with Crippen molar-refractivity contribution < 1.29 is 14.7 Å². The van der Waals surface area contributed by atoms with Gasteiger partial charge in [-0.05, 0) is 39.3 Å². The van der Waals surface area contributed by atoms with Gasteiger partial charge in [0, 0.05) is 17.8 Å². The van der Waals surface area contributed by atoms with Crippen molar-refractivity contribution >= 4 is 17.6 Å². The van der Waals surface area contributed by atoms with Crippen LogP contribution in [0.25, 0.3) is 0 Å². The molecule has 0 fully saturated rings. The molecule has 1 aromatic rings. The van der Waals surface area contributed by atoms with Gasteiger partial charge in [0.1, 0.15) is 0 Å². The number of carbonyl (C=O) groups is 2. The Balaban J connectivity index is 2.69. The van der Waals surface area contributed by atoms with E-state index >= 15 is 0 Å². The highest BCUT2D eigenvalue weighted by molar-refractivity contribution is 5.96. The van der Waals surface area contributed by atoms with Crippen LogP contribution in [0, 0.1) is 0 Å². The number of aliphatic hydroxyl groups is 1. The summed E-state index contributed by atoms with van der Waals surface area (Å²) in [5, 5.41) is 14.9. The molecule has 6 nitrogen and oxygen atoms in total. The molecule has 0 heterocycles. The number of hydrogen-bond donors (Lipinski definition) is 3. The SMILES string of the molecule is CC[C@H](O)CN(CC(=O)NC(=O)NC(C)(C)C)c1ccccc1. The van der Waals surface area contributed by atoms with Gasteiger partial charge in [0.05, 0.1) is 12.6 Å². The summed E-state index contributed by atoms with van der Waals surface area (Å²) in [5.41, 5.74) is 0.411. The highest BCUT2D eigenvalue weighted by Gasteiger charge is 2.19. The minimum absolute atomic E-state index is 0.00135. The fraction of sp³-hybridized carbons (Fsp3) is 0.529. The summed E-state index contributed by atoms with van der Waals surface area (Å²) < 4.78 is 0. The van der Waals surface area contributed by atoms with Gasteiger partial charge in [-0.15, -0.1) is 0 Å². The van der Waals surface area contributed by atoms with Gasteiger partial charge < -0.3 is 15.3 Å². The molecule has 1 aromatic carbocycles. The number of benzene rings is 1. The molecule has 0 saturated heterocycles. The molecular formula is C17H27N3O3. The van der Waals surface area contributed by atoms with Crippen molar-refractivity contribution in [2.45, 2.75) is 45.8 Å². The van der Waals surface area contributed by atoms with Crippen LogP contribution < -0.4 is 15.5 Å². The molecule has 23 heavy (non-hydrogen) atoms. The Morgan fingerprint density at radius 1 is 1.22 bits per heavy atom. The number of nitrogens with one attached hydrogen (secondary N) is 2. The third kappa shape index (κ3) is 7.65. The van der Waals surface area contributed by atoms with Crippen LogP contribution >= 0.6 is 0 Å². The van der Waals surface area contributed by atoms with Crippen LogP contribution in [0.3, 0.4) is 0 Å². The van der Waals surface area contributed by atoms with Crippen LogP contribution in [0.4, 0.5) is 10.5 Å². The van der Waals surface area contributed by atoms with E-state index in [-0.39, 0.29) is 6.54 Å². The summed E-state index contributed by atoms with van der Waals surface area (Å²) in [7, 11) is 0. The van der Waals surface area contributed by atoms with Crippen LogP contribution in [0.15, 0.2) is 30.3 Å². The van der Waals surface area contributed by atoms with Gasteiger partial charge in [-0.1, -0.05) is 25.1 Å². The number of rotatable bonds is 6. The number of para-hydroxylation sites is 1. The molecule has 1 rings (SSSR count). The molecule has 0 saturated carbocycles. The van der Waals surface area contributed by atoms with E-state index in [4.69, 9.17) is 0 Å². The van der Waals surface area contributed by atoms with E-state index in [0.29, 0.717) is 13.0 Å². The maximum Gasteiger partial charge on any atom is 0.321 e. The van der Waals surface area contributed by atoms with E-state index in [0.717, 1.165) is 5.69 Å². The number of aliphatic hydroxyl groups excluding tert-OH is 1. The Morgan fingerprint density at radius 3 is 2.35 bits per heavy atom. The monoisotopic (exact) mass is 321 g/mol. The molecule has 0 aliphatic heterocycles. The summed E-state index contributed by atoms with van der Waals surface area (Å²) in [5.74, 6) is -0.418. The Hall–Kier alpha value is -2.08. The topological polar surface area (TPSA) is 81.7 Å². The quantitative estimate of drug-likeness (QED) is 0.747. The number of carbonyl (C=O) groups excluding carboxylic acids is 2. The van der Waals surface area contributed by atoms with Gasteiger partial charge in [0.2, 0.25) is 5.91 Å². The molecule has 0 radical (unpaired) electrons. The van der Waals surface area contributed by atoms with Crippen LogP contribution in [-0.2, 0) is 4.79 Å². The molecule has 128 valence electrons. The Bertz CT molecular complexity index is 512. The summed E-state index contributed by atoms with van der Waals surface area (Å²) >= 11 is 0. The van der Waals surface area contributed by atoms with E-state index in [2.05, 4.69) is 10.6 Å². The Labute approximate surface area is 137 Å². The molecule has 0 aromatic heterocycles.